The number of nitrogens with one attached hydrogen (secondary N) is 1. The molecule has 1 spiro atoms. The number of amides is 3. The molecule has 25 heavy (non-hydrogen) atoms. The van der Waals surface area contributed by atoms with Gasteiger partial charge in [0.1, 0.15) is 11.3 Å². The summed E-state index contributed by atoms with van der Waals surface area (Å²) in [6.07, 6.45) is 4.34. The zero-order valence-corrected chi connectivity index (χ0v) is 14.3. The molecule has 4 rings (SSSR count). The van der Waals surface area contributed by atoms with Crippen LogP contribution in [0.2, 0.25) is 0 Å². The third kappa shape index (κ3) is 2.51. The highest BCUT2D eigenvalue weighted by Gasteiger charge is 2.55. The van der Waals surface area contributed by atoms with Crippen molar-refractivity contribution in [3.05, 3.63) is 29.3 Å². The van der Waals surface area contributed by atoms with Gasteiger partial charge in [0.2, 0.25) is 0 Å². The summed E-state index contributed by atoms with van der Waals surface area (Å²) in [5.74, 6) is 0.428. The highest BCUT2D eigenvalue weighted by Crippen LogP contribution is 2.38. The van der Waals surface area contributed by atoms with E-state index in [-0.39, 0.29) is 24.2 Å². The average Bonchev–Trinajstić information content (AvgIpc) is 3.16. The monoisotopic (exact) mass is 342 g/mol. The number of benzene rings is 1. The molecule has 3 amide bonds. The Labute approximate surface area is 146 Å². The first-order valence-electron chi connectivity index (χ1n) is 8.94. The Kier molecular flexibility index (Phi) is 3.78. The van der Waals surface area contributed by atoms with E-state index in [1.54, 1.807) is 12.1 Å². The van der Waals surface area contributed by atoms with Gasteiger partial charge in [-0.05, 0) is 42.5 Å². The molecule has 1 aliphatic carbocycles. The van der Waals surface area contributed by atoms with Crippen LogP contribution in [-0.4, -0.2) is 41.3 Å². The predicted octanol–water partition coefficient (Wildman–Crippen LogP) is 2.30. The van der Waals surface area contributed by atoms with Crippen molar-refractivity contribution in [1.29, 1.82) is 0 Å². The van der Waals surface area contributed by atoms with E-state index in [0.717, 1.165) is 41.9 Å². The fourth-order valence-electron chi connectivity index (χ4n) is 4.23. The van der Waals surface area contributed by atoms with Gasteiger partial charge >= 0.3 is 6.03 Å². The molecule has 6 heteroatoms. The molecule has 1 aromatic rings. The van der Waals surface area contributed by atoms with Crippen molar-refractivity contribution in [2.24, 2.45) is 5.92 Å². The number of carbonyl (C=O) groups excluding carboxylic acids is 3. The second-order valence-corrected chi connectivity index (χ2v) is 7.28. The minimum absolute atomic E-state index is 0.0925. The van der Waals surface area contributed by atoms with E-state index in [0.29, 0.717) is 18.6 Å². The van der Waals surface area contributed by atoms with Crippen molar-refractivity contribution in [1.82, 2.24) is 10.2 Å². The lowest BCUT2D eigenvalue weighted by atomic mass is 9.73. The maximum absolute atomic E-state index is 12.9. The SMILES string of the molecule is C[C@@H]1CCCC[C@@]12NC(=O)N(CC(=O)c1ccc3c(c1)CCO3)C2=O. The Morgan fingerprint density at radius 1 is 1.36 bits per heavy atom. The van der Waals surface area contributed by atoms with Gasteiger partial charge in [0.05, 0.1) is 13.2 Å². The van der Waals surface area contributed by atoms with E-state index in [2.05, 4.69) is 5.32 Å². The molecule has 2 aliphatic heterocycles. The molecule has 0 radical (unpaired) electrons. The van der Waals surface area contributed by atoms with E-state index < -0.39 is 11.6 Å². The highest BCUT2D eigenvalue weighted by atomic mass is 16.5. The van der Waals surface area contributed by atoms with Gasteiger partial charge in [0.25, 0.3) is 5.91 Å². The summed E-state index contributed by atoms with van der Waals surface area (Å²) in [6, 6.07) is 4.84. The number of hydrogen-bond donors (Lipinski definition) is 1. The second-order valence-electron chi connectivity index (χ2n) is 7.28. The van der Waals surface area contributed by atoms with Gasteiger partial charge in [-0.1, -0.05) is 19.8 Å². The molecule has 2 atom stereocenters. The Hall–Kier alpha value is -2.37. The molecule has 3 aliphatic rings. The Balaban J connectivity index is 1.53. The maximum Gasteiger partial charge on any atom is 0.325 e. The molecule has 1 aromatic carbocycles. The number of ether oxygens (including phenoxy) is 1. The van der Waals surface area contributed by atoms with Crippen LogP contribution < -0.4 is 10.1 Å². The summed E-state index contributed by atoms with van der Waals surface area (Å²) >= 11 is 0. The third-order valence-electron chi connectivity index (χ3n) is 5.81. The molecule has 2 fully saturated rings. The fourth-order valence-corrected chi connectivity index (χ4v) is 4.23. The Morgan fingerprint density at radius 2 is 2.20 bits per heavy atom. The lowest BCUT2D eigenvalue weighted by Gasteiger charge is -2.36. The van der Waals surface area contributed by atoms with Crippen LogP contribution in [0.3, 0.4) is 0 Å². The number of carbonyl (C=O) groups is 3. The highest BCUT2D eigenvalue weighted by molar-refractivity contribution is 6.11. The first-order chi connectivity index (χ1) is 12.0. The number of imide groups is 1. The summed E-state index contributed by atoms with van der Waals surface area (Å²) in [5.41, 5.74) is 0.699. The van der Waals surface area contributed by atoms with E-state index >= 15 is 0 Å². The van der Waals surface area contributed by atoms with E-state index in [1.807, 2.05) is 13.0 Å². The lowest BCUT2D eigenvalue weighted by molar-refractivity contribution is -0.133. The minimum Gasteiger partial charge on any atom is -0.493 e. The van der Waals surface area contributed by atoms with Crippen molar-refractivity contribution in [3.63, 3.8) is 0 Å². The van der Waals surface area contributed by atoms with Crippen LogP contribution in [0.4, 0.5) is 4.79 Å². The van der Waals surface area contributed by atoms with Gasteiger partial charge in [-0.2, -0.15) is 0 Å². The van der Waals surface area contributed by atoms with Crippen LogP contribution in [0.1, 0.15) is 48.5 Å². The van der Waals surface area contributed by atoms with Gasteiger partial charge in [0, 0.05) is 12.0 Å². The number of urea groups is 1. The average molecular weight is 342 g/mol. The van der Waals surface area contributed by atoms with Gasteiger partial charge < -0.3 is 10.1 Å². The molecule has 0 bridgehead atoms. The van der Waals surface area contributed by atoms with Crippen molar-refractivity contribution in [3.8, 4) is 5.75 Å². The molecule has 0 unspecified atom stereocenters. The minimum atomic E-state index is -0.818. The predicted molar refractivity (Wildman–Crippen MR) is 90.6 cm³/mol. The topological polar surface area (TPSA) is 75.7 Å². The molecular formula is C19H22N2O4. The summed E-state index contributed by atoms with van der Waals surface area (Å²) in [4.78, 5) is 39.0. The van der Waals surface area contributed by atoms with Crippen molar-refractivity contribution >= 4 is 17.7 Å². The quantitative estimate of drug-likeness (QED) is 0.675. The summed E-state index contributed by atoms with van der Waals surface area (Å²) in [5, 5.41) is 2.88. The molecule has 1 saturated heterocycles. The molecular weight excluding hydrogens is 320 g/mol. The first kappa shape index (κ1) is 16.1. The summed E-state index contributed by atoms with van der Waals surface area (Å²) < 4.78 is 5.45. The lowest BCUT2D eigenvalue weighted by Crippen LogP contribution is -2.54. The fraction of sp³-hybridized carbons (Fsp3) is 0.526. The van der Waals surface area contributed by atoms with Crippen LogP contribution in [0.5, 0.6) is 5.75 Å². The van der Waals surface area contributed by atoms with Crippen LogP contribution in [0.25, 0.3) is 0 Å². The zero-order valence-electron chi connectivity index (χ0n) is 14.3. The standard InChI is InChI=1S/C19H22N2O4/c1-12-4-2-3-8-19(12)17(23)21(18(24)20-19)11-15(22)13-5-6-16-14(10-13)7-9-25-16/h5-6,10,12H,2-4,7-9,11H2,1H3,(H,20,24)/t12-,19-/m1/s1. The number of Topliss-reactive ketones (excluding diaryl/α,β-unsaturated/α-hetero) is 1. The molecule has 0 aromatic heterocycles. The van der Waals surface area contributed by atoms with E-state index in [1.165, 1.54) is 0 Å². The van der Waals surface area contributed by atoms with Crippen LogP contribution >= 0.6 is 0 Å². The van der Waals surface area contributed by atoms with Crippen LogP contribution in [0, 0.1) is 5.92 Å². The Morgan fingerprint density at radius 3 is 3.00 bits per heavy atom. The number of nitrogens with zero attached hydrogens (tertiary/aromatic N) is 1. The first-order valence-corrected chi connectivity index (χ1v) is 8.94. The molecule has 6 nitrogen and oxygen atoms in total. The number of hydrogen-bond acceptors (Lipinski definition) is 4. The largest absolute Gasteiger partial charge is 0.493 e. The molecule has 132 valence electrons. The number of fused-ring (bicyclic) bond motifs is 1. The Bertz CT molecular complexity index is 760. The summed E-state index contributed by atoms with van der Waals surface area (Å²) in [6.45, 7) is 2.42. The molecule has 1 saturated carbocycles. The third-order valence-corrected chi connectivity index (χ3v) is 5.81. The molecule has 2 heterocycles. The van der Waals surface area contributed by atoms with Crippen molar-refractivity contribution in [2.45, 2.75) is 44.6 Å². The van der Waals surface area contributed by atoms with E-state index in [4.69, 9.17) is 4.74 Å². The van der Waals surface area contributed by atoms with Gasteiger partial charge in [-0.25, -0.2) is 4.79 Å². The molecule has 1 N–H and O–H groups in total. The normalized spacial score (nSPS) is 28.0. The van der Waals surface area contributed by atoms with Crippen LogP contribution in [0.15, 0.2) is 18.2 Å². The van der Waals surface area contributed by atoms with Crippen molar-refractivity contribution < 1.29 is 19.1 Å². The number of rotatable bonds is 3. The maximum atomic E-state index is 12.9. The summed E-state index contributed by atoms with van der Waals surface area (Å²) in [7, 11) is 0. The van der Waals surface area contributed by atoms with Crippen molar-refractivity contribution in [2.75, 3.05) is 13.2 Å². The van der Waals surface area contributed by atoms with Gasteiger partial charge in [-0.3, -0.25) is 14.5 Å². The van der Waals surface area contributed by atoms with E-state index in [9.17, 15) is 14.4 Å². The number of ketones is 1. The zero-order chi connectivity index (χ0) is 17.6. The van der Waals surface area contributed by atoms with Gasteiger partial charge in [0.15, 0.2) is 5.78 Å². The van der Waals surface area contributed by atoms with Gasteiger partial charge in [-0.15, -0.1) is 0 Å². The second kappa shape index (κ2) is 5.86. The van der Waals surface area contributed by atoms with Crippen LogP contribution in [-0.2, 0) is 11.2 Å². The smallest absolute Gasteiger partial charge is 0.325 e.